The lowest BCUT2D eigenvalue weighted by Gasteiger charge is -2.15. The van der Waals surface area contributed by atoms with E-state index in [4.69, 9.17) is 9.47 Å². The van der Waals surface area contributed by atoms with Gasteiger partial charge in [-0.3, -0.25) is 0 Å². The number of pyridine rings is 1. The lowest BCUT2D eigenvalue weighted by Crippen LogP contribution is -2.21. The first-order chi connectivity index (χ1) is 9.32. The molecule has 0 N–H and O–H groups in total. The summed E-state index contributed by atoms with van der Waals surface area (Å²) in [6, 6.07) is 1.32. The van der Waals surface area contributed by atoms with Crippen molar-refractivity contribution in [2.24, 2.45) is 0 Å². The second-order valence-electron chi connectivity index (χ2n) is 3.41. The molecule has 1 heterocycles. The Bertz CT molecular complexity index is 493. The van der Waals surface area contributed by atoms with E-state index in [0.717, 1.165) is 0 Å². The molecule has 0 bridgehead atoms. The van der Waals surface area contributed by atoms with Crippen LogP contribution in [0.3, 0.4) is 0 Å². The van der Waals surface area contributed by atoms with Gasteiger partial charge in [0, 0.05) is 11.4 Å². The van der Waals surface area contributed by atoms with Gasteiger partial charge in [0.2, 0.25) is 11.8 Å². The molecule has 0 spiro atoms. The molecule has 1 aromatic heterocycles. The number of hydrogen-bond acceptors (Lipinski definition) is 5. The van der Waals surface area contributed by atoms with Gasteiger partial charge in [-0.05, 0) is 12.5 Å². The maximum absolute atomic E-state index is 12.4. The van der Waals surface area contributed by atoms with Crippen molar-refractivity contribution >= 4 is 21.9 Å². The molecule has 20 heavy (non-hydrogen) atoms. The lowest BCUT2D eigenvalue weighted by atomic mass is 10.1. The third-order valence-electron chi connectivity index (χ3n) is 2.09. The van der Waals surface area contributed by atoms with Gasteiger partial charge in [0.15, 0.2) is 0 Å². The van der Waals surface area contributed by atoms with Crippen LogP contribution in [0, 0.1) is 0 Å². The van der Waals surface area contributed by atoms with Crippen LogP contribution in [0.15, 0.2) is 6.07 Å². The Morgan fingerprint density at radius 3 is 2.55 bits per heavy atom. The first kappa shape index (κ1) is 16.5. The average molecular weight is 358 g/mol. The minimum Gasteiger partial charge on any atom is -0.481 e. The number of alkyl halides is 4. The molecule has 1 aromatic rings. The van der Waals surface area contributed by atoms with Crippen LogP contribution in [0.4, 0.5) is 13.2 Å². The van der Waals surface area contributed by atoms with Crippen molar-refractivity contribution < 1.29 is 32.2 Å². The summed E-state index contributed by atoms with van der Waals surface area (Å²) in [5, 5.41) is 0.105. The first-order valence-electron chi connectivity index (χ1n) is 5.39. The fourth-order valence-corrected chi connectivity index (χ4v) is 1.80. The summed E-state index contributed by atoms with van der Waals surface area (Å²) in [5.41, 5.74) is -0.170. The first-order valence-corrected chi connectivity index (χ1v) is 6.51. The molecule has 0 amide bonds. The smallest absolute Gasteiger partial charge is 0.481 e. The van der Waals surface area contributed by atoms with Gasteiger partial charge in [-0.25, -0.2) is 4.79 Å². The van der Waals surface area contributed by atoms with Crippen LogP contribution in [0.2, 0.25) is 0 Å². The van der Waals surface area contributed by atoms with Crippen molar-refractivity contribution in [3.63, 3.8) is 0 Å². The highest BCUT2D eigenvalue weighted by atomic mass is 79.9. The normalized spacial score (nSPS) is 11.1. The maximum Gasteiger partial charge on any atom is 0.574 e. The van der Waals surface area contributed by atoms with E-state index in [0.29, 0.717) is 0 Å². The van der Waals surface area contributed by atoms with E-state index in [-0.39, 0.29) is 28.9 Å². The minimum atomic E-state index is -4.98. The van der Waals surface area contributed by atoms with Crippen LogP contribution in [-0.4, -0.2) is 31.0 Å². The molecule has 0 aliphatic rings. The zero-order valence-electron chi connectivity index (χ0n) is 10.6. The molecule has 0 atom stereocenters. The predicted octanol–water partition coefficient (Wildman–Crippen LogP) is 3.06. The predicted molar refractivity (Wildman–Crippen MR) is 66.1 cm³/mol. The molecule has 1 rings (SSSR count). The SMILES string of the molecule is CCOC(=O)c1c(CBr)cc(OC)nc1OC(F)(F)F. The molecule has 9 heteroatoms. The summed E-state index contributed by atoms with van der Waals surface area (Å²) in [4.78, 5) is 15.3. The number of carbonyl (C=O) groups excluding carboxylic acids is 1. The Kier molecular flexibility index (Phi) is 5.61. The molecule has 0 radical (unpaired) electrons. The molecule has 0 unspecified atom stereocenters. The monoisotopic (exact) mass is 357 g/mol. The number of ether oxygens (including phenoxy) is 3. The Labute approximate surface area is 121 Å². The molecule has 5 nitrogen and oxygen atoms in total. The van der Waals surface area contributed by atoms with E-state index in [1.807, 2.05) is 0 Å². The van der Waals surface area contributed by atoms with Gasteiger partial charge in [0.25, 0.3) is 0 Å². The van der Waals surface area contributed by atoms with Gasteiger partial charge < -0.3 is 14.2 Å². The summed E-state index contributed by atoms with van der Waals surface area (Å²) in [6.07, 6.45) is -4.98. The zero-order chi connectivity index (χ0) is 15.3. The summed E-state index contributed by atoms with van der Waals surface area (Å²) < 4.78 is 50.4. The summed E-state index contributed by atoms with van der Waals surface area (Å²) in [7, 11) is 1.24. The van der Waals surface area contributed by atoms with Gasteiger partial charge in [-0.2, -0.15) is 4.98 Å². The molecule has 0 aromatic carbocycles. The number of nitrogens with zero attached hydrogens (tertiary/aromatic N) is 1. The van der Waals surface area contributed by atoms with Gasteiger partial charge in [-0.15, -0.1) is 13.2 Å². The van der Waals surface area contributed by atoms with Crippen LogP contribution in [0.1, 0.15) is 22.8 Å². The van der Waals surface area contributed by atoms with Crippen molar-refractivity contribution in [1.82, 2.24) is 4.98 Å². The van der Waals surface area contributed by atoms with E-state index < -0.39 is 18.2 Å². The molecule has 0 aliphatic carbocycles. The van der Waals surface area contributed by atoms with E-state index in [1.165, 1.54) is 20.1 Å². The molecule has 0 saturated carbocycles. The lowest BCUT2D eigenvalue weighted by molar-refractivity contribution is -0.276. The highest BCUT2D eigenvalue weighted by Crippen LogP contribution is 2.31. The van der Waals surface area contributed by atoms with E-state index >= 15 is 0 Å². The quantitative estimate of drug-likeness (QED) is 0.598. The number of esters is 1. The van der Waals surface area contributed by atoms with E-state index in [2.05, 4.69) is 25.7 Å². The highest BCUT2D eigenvalue weighted by molar-refractivity contribution is 9.08. The van der Waals surface area contributed by atoms with E-state index in [1.54, 1.807) is 0 Å². The molecule has 112 valence electrons. The van der Waals surface area contributed by atoms with Gasteiger partial charge in [-0.1, -0.05) is 15.9 Å². The topological polar surface area (TPSA) is 57.7 Å². The van der Waals surface area contributed by atoms with Crippen LogP contribution in [-0.2, 0) is 10.1 Å². The number of aromatic nitrogens is 1. The standard InChI is InChI=1S/C11H11BrF3NO4/c1-3-19-10(17)8-6(5-12)4-7(18-2)16-9(8)20-11(13,14)15/h4H,3,5H2,1-2H3. The molecule has 0 aliphatic heterocycles. The second kappa shape index (κ2) is 6.78. The number of rotatable bonds is 5. The average Bonchev–Trinajstić information content (AvgIpc) is 2.35. The number of hydrogen-bond donors (Lipinski definition) is 0. The van der Waals surface area contributed by atoms with Crippen LogP contribution >= 0.6 is 15.9 Å². The Balaban J connectivity index is 3.38. The van der Waals surface area contributed by atoms with Crippen LogP contribution < -0.4 is 9.47 Å². The zero-order valence-corrected chi connectivity index (χ0v) is 12.2. The fourth-order valence-electron chi connectivity index (χ4n) is 1.36. The summed E-state index contributed by atoms with van der Waals surface area (Å²) in [5.74, 6) is -1.95. The number of methoxy groups -OCH3 is 1. The second-order valence-corrected chi connectivity index (χ2v) is 3.97. The van der Waals surface area contributed by atoms with Gasteiger partial charge in [0.05, 0.1) is 13.7 Å². The highest BCUT2D eigenvalue weighted by Gasteiger charge is 2.35. The third-order valence-corrected chi connectivity index (χ3v) is 2.69. The van der Waals surface area contributed by atoms with Crippen LogP contribution in [0.5, 0.6) is 11.8 Å². The van der Waals surface area contributed by atoms with Crippen molar-refractivity contribution in [3.8, 4) is 11.8 Å². The van der Waals surface area contributed by atoms with Gasteiger partial charge >= 0.3 is 12.3 Å². The van der Waals surface area contributed by atoms with Crippen molar-refractivity contribution in [1.29, 1.82) is 0 Å². The van der Waals surface area contributed by atoms with Crippen molar-refractivity contribution in [3.05, 3.63) is 17.2 Å². The minimum absolute atomic E-state index is 0.0120. The molecule has 0 saturated heterocycles. The van der Waals surface area contributed by atoms with Crippen molar-refractivity contribution in [2.45, 2.75) is 18.6 Å². The third kappa shape index (κ3) is 4.26. The summed E-state index contributed by atoms with van der Waals surface area (Å²) >= 11 is 3.08. The molecule has 0 fully saturated rings. The molecular formula is C11H11BrF3NO4. The van der Waals surface area contributed by atoms with Crippen molar-refractivity contribution in [2.75, 3.05) is 13.7 Å². The maximum atomic E-state index is 12.4. The van der Waals surface area contributed by atoms with Gasteiger partial charge in [0.1, 0.15) is 5.56 Å². The molecular weight excluding hydrogens is 347 g/mol. The Morgan fingerprint density at radius 2 is 2.10 bits per heavy atom. The number of halogens is 4. The van der Waals surface area contributed by atoms with E-state index in [9.17, 15) is 18.0 Å². The number of carbonyl (C=O) groups is 1. The fraction of sp³-hybridized carbons (Fsp3) is 0.455. The van der Waals surface area contributed by atoms with Crippen LogP contribution in [0.25, 0.3) is 0 Å². The Hall–Kier alpha value is -1.51. The summed E-state index contributed by atoms with van der Waals surface area (Å²) in [6.45, 7) is 1.55. The largest absolute Gasteiger partial charge is 0.574 e. The Morgan fingerprint density at radius 1 is 1.45 bits per heavy atom.